The van der Waals surface area contributed by atoms with Gasteiger partial charge in [0.15, 0.2) is 5.78 Å². The molecule has 0 aliphatic heterocycles. The second-order valence-electron chi connectivity index (χ2n) is 7.03. The quantitative estimate of drug-likeness (QED) is 0.629. The number of carbonyl (C=O) groups excluding carboxylic acids is 1. The van der Waals surface area contributed by atoms with Gasteiger partial charge in [-0.2, -0.15) is 4.80 Å². The van der Waals surface area contributed by atoms with Crippen LogP contribution in [0.5, 0.6) is 0 Å². The summed E-state index contributed by atoms with van der Waals surface area (Å²) in [5.74, 6) is 0.482. The fourth-order valence-electron chi connectivity index (χ4n) is 3.65. The van der Waals surface area contributed by atoms with E-state index in [1.165, 1.54) is 54.6 Å². The summed E-state index contributed by atoms with van der Waals surface area (Å²) in [6.45, 7) is 0.00505. The van der Waals surface area contributed by atoms with E-state index in [0.29, 0.717) is 22.9 Å². The van der Waals surface area contributed by atoms with Gasteiger partial charge in [0.05, 0.1) is 0 Å². The number of rotatable bonds is 5. The van der Waals surface area contributed by atoms with Crippen LogP contribution in [0.3, 0.4) is 0 Å². The Morgan fingerprint density at radius 2 is 1.85 bits per heavy atom. The molecule has 1 saturated carbocycles. The summed E-state index contributed by atoms with van der Waals surface area (Å²) in [6, 6.07) is 13.9. The summed E-state index contributed by atoms with van der Waals surface area (Å²) >= 11 is 0. The second-order valence-corrected chi connectivity index (χ2v) is 7.03. The van der Waals surface area contributed by atoms with Gasteiger partial charge in [0.1, 0.15) is 12.4 Å². The lowest BCUT2D eigenvalue weighted by Crippen LogP contribution is -2.13. The average molecular weight is 364 g/mol. The number of tetrazole rings is 1. The summed E-state index contributed by atoms with van der Waals surface area (Å²) in [5.41, 5.74) is 2.49. The molecule has 138 valence electrons. The molecule has 5 nitrogen and oxygen atoms in total. The number of benzene rings is 2. The molecule has 0 spiro atoms. The van der Waals surface area contributed by atoms with Crippen molar-refractivity contribution in [1.29, 1.82) is 0 Å². The third kappa shape index (κ3) is 4.10. The zero-order valence-corrected chi connectivity index (χ0v) is 15.0. The monoisotopic (exact) mass is 364 g/mol. The minimum Gasteiger partial charge on any atom is -0.292 e. The number of halogens is 1. The summed E-state index contributed by atoms with van der Waals surface area (Å²) in [5, 5.41) is 12.0. The van der Waals surface area contributed by atoms with Gasteiger partial charge in [-0.25, -0.2) is 4.39 Å². The smallest absolute Gasteiger partial charge is 0.205 e. The molecule has 4 rings (SSSR count). The van der Waals surface area contributed by atoms with Crippen LogP contribution in [-0.2, 0) is 6.54 Å². The molecule has 0 bridgehead atoms. The van der Waals surface area contributed by atoms with Gasteiger partial charge in [-0.1, -0.05) is 55.7 Å². The van der Waals surface area contributed by atoms with Crippen LogP contribution in [0.4, 0.5) is 4.39 Å². The van der Waals surface area contributed by atoms with Gasteiger partial charge in [0, 0.05) is 11.1 Å². The van der Waals surface area contributed by atoms with E-state index in [0.717, 1.165) is 0 Å². The fraction of sp³-hybridized carbons (Fsp3) is 0.333. The molecule has 0 unspecified atom stereocenters. The van der Waals surface area contributed by atoms with Crippen LogP contribution in [-0.4, -0.2) is 26.0 Å². The largest absolute Gasteiger partial charge is 0.292 e. The highest BCUT2D eigenvalue weighted by molar-refractivity contribution is 5.95. The zero-order chi connectivity index (χ0) is 18.6. The SMILES string of the molecule is O=C(Cn1nnc(-c2cccc(F)c2)n1)c1ccc(C2CCCCC2)cc1. The summed E-state index contributed by atoms with van der Waals surface area (Å²) in [7, 11) is 0. The molecule has 6 heteroatoms. The van der Waals surface area contributed by atoms with Crippen molar-refractivity contribution in [1.82, 2.24) is 20.2 Å². The number of carbonyl (C=O) groups is 1. The van der Waals surface area contributed by atoms with Crippen molar-refractivity contribution < 1.29 is 9.18 Å². The molecule has 0 saturated heterocycles. The van der Waals surface area contributed by atoms with Crippen molar-refractivity contribution in [2.45, 2.75) is 44.6 Å². The maximum absolute atomic E-state index is 13.3. The average Bonchev–Trinajstić information content (AvgIpc) is 3.17. The molecule has 0 atom stereocenters. The van der Waals surface area contributed by atoms with Gasteiger partial charge in [-0.05, 0) is 41.7 Å². The first-order chi connectivity index (χ1) is 13.2. The summed E-state index contributed by atoms with van der Waals surface area (Å²) in [6.07, 6.45) is 6.38. The van der Waals surface area contributed by atoms with Gasteiger partial charge in [-0.3, -0.25) is 4.79 Å². The first-order valence-electron chi connectivity index (χ1n) is 9.36. The molecule has 0 N–H and O–H groups in total. The minimum absolute atomic E-state index is 0.00505. The maximum atomic E-state index is 13.3. The van der Waals surface area contributed by atoms with Crippen LogP contribution in [0.1, 0.15) is 53.9 Å². The standard InChI is InChI=1S/C21H21FN4O/c22-19-8-4-7-18(13-19)21-23-25-26(24-21)14-20(27)17-11-9-16(10-12-17)15-5-2-1-3-6-15/h4,7-13,15H,1-3,5-6,14H2. The molecule has 3 aromatic rings. The fourth-order valence-corrected chi connectivity index (χ4v) is 3.65. The summed E-state index contributed by atoms with van der Waals surface area (Å²) in [4.78, 5) is 13.8. The Kier molecular flexibility index (Phi) is 5.05. The number of hydrogen-bond donors (Lipinski definition) is 0. The zero-order valence-electron chi connectivity index (χ0n) is 15.0. The Morgan fingerprint density at radius 1 is 1.07 bits per heavy atom. The third-order valence-electron chi connectivity index (χ3n) is 5.13. The van der Waals surface area contributed by atoms with Crippen LogP contribution < -0.4 is 0 Å². The molecule has 2 aromatic carbocycles. The Morgan fingerprint density at radius 3 is 2.59 bits per heavy atom. The molecule has 0 amide bonds. The van der Waals surface area contributed by atoms with E-state index in [4.69, 9.17) is 0 Å². The van der Waals surface area contributed by atoms with E-state index in [2.05, 4.69) is 27.5 Å². The lowest BCUT2D eigenvalue weighted by Gasteiger charge is -2.22. The van der Waals surface area contributed by atoms with E-state index in [-0.39, 0.29) is 18.1 Å². The predicted molar refractivity (Wildman–Crippen MR) is 99.8 cm³/mol. The van der Waals surface area contributed by atoms with E-state index in [9.17, 15) is 9.18 Å². The predicted octanol–water partition coefficient (Wildman–Crippen LogP) is 4.41. The number of Topliss-reactive ketones (excluding diaryl/α,β-unsaturated/α-hetero) is 1. The van der Waals surface area contributed by atoms with Crippen LogP contribution >= 0.6 is 0 Å². The first kappa shape index (κ1) is 17.5. The van der Waals surface area contributed by atoms with E-state index >= 15 is 0 Å². The van der Waals surface area contributed by atoms with Crippen LogP contribution in [0.2, 0.25) is 0 Å². The van der Waals surface area contributed by atoms with Crippen LogP contribution in [0, 0.1) is 5.82 Å². The lowest BCUT2D eigenvalue weighted by molar-refractivity contribution is 0.0961. The van der Waals surface area contributed by atoms with Crippen molar-refractivity contribution in [3.05, 3.63) is 65.5 Å². The highest BCUT2D eigenvalue weighted by atomic mass is 19.1. The number of nitrogens with zero attached hydrogens (tertiary/aromatic N) is 4. The van der Waals surface area contributed by atoms with Gasteiger partial charge in [0.25, 0.3) is 0 Å². The van der Waals surface area contributed by atoms with Gasteiger partial charge in [0.2, 0.25) is 5.82 Å². The molecular weight excluding hydrogens is 343 g/mol. The normalized spacial score (nSPS) is 15.0. The Hall–Kier alpha value is -2.89. The van der Waals surface area contributed by atoms with E-state index < -0.39 is 0 Å². The molecule has 1 aliphatic rings. The third-order valence-corrected chi connectivity index (χ3v) is 5.13. The van der Waals surface area contributed by atoms with Crippen molar-refractivity contribution >= 4 is 5.78 Å². The molecule has 1 fully saturated rings. The molecule has 0 radical (unpaired) electrons. The van der Waals surface area contributed by atoms with Gasteiger partial charge in [-0.15, -0.1) is 10.2 Å². The maximum Gasteiger partial charge on any atom is 0.205 e. The Balaban J connectivity index is 1.43. The Bertz CT molecular complexity index is 929. The van der Waals surface area contributed by atoms with Crippen molar-refractivity contribution in [3.63, 3.8) is 0 Å². The highest BCUT2D eigenvalue weighted by Crippen LogP contribution is 2.32. The van der Waals surface area contributed by atoms with Crippen molar-refractivity contribution in [2.24, 2.45) is 0 Å². The lowest BCUT2D eigenvalue weighted by atomic mass is 9.84. The van der Waals surface area contributed by atoms with E-state index in [1.54, 1.807) is 12.1 Å². The minimum atomic E-state index is -0.363. The first-order valence-corrected chi connectivity index (χ1v) is 9.36. The summed E-state index contributed by atoms with van der Waals surface area (Å²) < 4.78 is 13.3. The number of aromatic nitrogens is 4. The van der Waals surface area contributed by atoms with Crippen LogP contribution in [0.15, 0.2) is 48.5 Å². The van der Waals surface area contributed by atoms with Crippen molar-refractivity contribution in [3.8, 4) is 11.4 Å². The molecular formula is C21H21FN4O. The number of hydrogen-bond acceptors (Lipinski definition) is 4. The highest BCUT2D eigenvalue weighted by Gasteiger charge is 2.16. The van der Waals surface area contributed by atoms with E-state index in [1.807, 2.05) is 12.1 Å². The topological polar surface area (TPSA) is 60.7 Å². The van der Waals surface area contributed by atoms with Crippen molar-refractivity contribution in [2.75, 3.05) is 0 Å². The number of ketones is 1. The van der Waals surface area contributed by atoms with Crippen LogP contribution in [0.25, 0.3) is 11.4 Å². The molecule has 1 aliphatic carbocycles. The van der Waals surface area contributed by atoms with Gasteiger partial charge < -0.3 is 0 Å². The van der Waals surface area contributed by atoms with Gasteiger partial charge >= 0.3 is 0 Å². The Labute approximate surface area is 157 Å². The second kappa shape index (κ2) is 7.78. The molecule has 1 heterocycles. The molecule has 1 aromatic heterocycles. The molecule has 27 heavy (non-hydrogen) atoms.